The highest BCUT2D eigenvalue weighted by Gasteiger charge is 2.16. The molecule has 3 rings (SSSR count). The van der Waals surface area contributed by atoms with E-state index in [4.69, 9.17) is 33.6 Å². The first-order chi connectivity index (χ1) is 10.5. The van der Waals surface area contributed by atoms with Crippen LogP contribution in [-0.4, -0.2) is 25.0 Å². The van der Waals surface area contributed by atoms with E-state index in [1.54, 1.807) is 25.1 Å². The van der Waals surface area contributed by atoms with Crippen molar-refractivity contribution in [3.05, 3.63) is 40.0 Å². The number of hydrogen-bond donors (Lipinski definition) is 1. The van der Waals surface area contributed by atoms with Crippen LogP contribution in [-0.2, 0) is 5.75 Å². The van der Waals surface area contributed by atoms with Crippen LogP contribution >= 0.6 is 35.0 Å². The monoisotopic (exact) mass is 356 g/mol. The molecule has 0 saturated carbocycles. The minimum absolute atomic E-state index is 0.449. The fourth-order valence-electron chi connectivity index (χ4n) is 1.75. The van der Waals surface area contributed by atoms with Crippen molar-refractivity contribution in [1.82, 2.24) is 25.0 Å². The Balaban J connectivity index is 1.82. The van der Waals surface area contributed by atoms with E-state index in [0.717, 1.165) is 0 Å². The molecule has 3 aromatic rings. The third-order valence-corrected chi connectivity index (χ3v) is 4.21. The van der Waals surface area contributed by atoms with Gasteiger partial charge in [0.1, 0.15) is 0 Å². The van der Waals surface area contributed by atoms with E-state index in [0.29, 0.717) is 44.1 Å². The van der Waals surface area contributed by atoms with Gasteiger partial charge >= 0.3 is 0 Å². The lowest BCUT2D eigenvalue weighted by Crippen LogP contribution is -2.11. The van der Waals surface area contributed by atoms with Crippen molar-refractivity contribution in [1.29, 1.82) is 0 Å². The second-order valence-corrected chi connectivity index (χ2v) is 6.11. The Morgan fingerprint density at radius 3 is 2.82 bits per heavy atom. The molecule has 0 saturated heterocycles. The van der Waals surface area contributed by atoms with Gasteiger partial charge in [-0.05, 0) is 25.1 Å². The van der Waals surface area contributed by atoms with Gasteiger partial charge in [-0.1, -0.05) is 40.1 Å². The first kappa shape index (κ1) is 15.1. The Labute approximate surface area is 139 Å². The fraction of sp³-hybridized carbons (Fsp3) is 0.167. The Morgan fingerprint density at radius 1 is 1.32 bits per heavy atom. The largest absolute Gasteiger partial charge is 0.338 e. The Bertz CT molecular complexity index is 818. The number of halogens is 2. The number of aromatic nitrogens is 5. The van der Waals surface area contributed by atoms with Crippen LogP contribution in [0.3, 0.4) is 0 Å². The lowest BCUT2D eigenvalue weighted by molar-refractivity contribution is 0.387. The first-order valence-electron chi connectivity index (χ1n) is 6.12. The molecule has 22 heavy (non-hydrogen) atoms. The van der Waals surface area contributed by atoms with E-state index in [2.05, 4.69) is 20.3 Å². The van der Waals surface area contributed by atoms with Crippen molar-refractivity contribution >= 4 is 35.0 Å². The van der Waals surface area contributed by atoms with Crippen molar-refractivity contribution < 1.29 is 4.52 Å². The fourth-order valence-corrected chi connectivity index (χ4v) is 2.94. The van der Waals surface area contributed by atoms with Gasteiger partial charge in [0, 0.05) is 10.6 Å². The maximum Gasteiger partial charge on any atom is 0.237 e. The number of hydrogen-bond acceptors (Lipinski definition) is 7. The molecule has 0 unspecified atom stereocenters. The number of thioether (sulfide) groups is 1. The van der Waals surface area contributed by atoms with Crippen molar-refractivity contribution in [2.24, 2.45) is 0 Å². The molecule has 0 bridgehead atoms. The molecule has 0 aliphatic rings. The minimum atomic E-state index is 0.449. The zero-order valence-electron chi connectivity index (χ0n) is 11.3. The summed E-state index contributed by atoms with van der Waals surface area (Å²) in [4.78, 5) is 4.11. The van der Waals surface area contributed by atoms with Crippen LogP contribution in [0.4, 0.5) is 0 Å². The summed E-state index contributed by atoms with van der Waals surface area (Å²) in [6.07, 6.45) is 0. The average molecular weight is 357 g/mol. The Morgan fingerprint density at radius 2 is 2.14 bits per heavy atom. The predicted octanol–water partition coefficient (Wildman–Crippen LogP) is 2.95. The SMILES string of the molecule is Cc1noc(CSc2nnc(-c3ccc(Cl)cc3Cl)n2N)n1. The smallest absolute Gasteiger partial charge is 0.237 e. The van der Waals surface area contributed by atoms with Crippen LogP contribution < -0.4 is 5.84 Å². The molecule has 2 N–H and O–H groups in total. The number of nitrogens with zero attached hydrogens (tertiary/aromatic N) is 5. The molecular weight excluding hydrogens is 347 g/mol. The number of benzene rings is 1. The van der Waals surface area contributed by atoms with Gasteiger partial charge in [-0.25, -0.2) is 4.68 Å². The number of rotatable bonds is 4. The predicted molar refractivity (Wildman–Crippen MR) is 84.2 cm³/mol. The molecule has 2 aromatic heterocycles. The molecule has 0 aliphatic heterocycles. The molecule has 1 aromatic carbocycles. The van der Waals surface area contributed by atoms with Crippen molar-refractivity contribution in [2.75, 3.05) is 5.84 Å². The van der Waals surface area contributed by atoms with Gasteiger partial charge in [0.05, 0.1) is 10.8 Å². The zero-order valence-corrected chi connectivity index (χ0v) is 13.7. The topological polar surface area (TPSA) is 95.7 Å². The molecule has 114 valence electrons. The van der Waals surface area contributed by atoms with Crippen LogP contribution in [0.1, 0.15) is 11.7 Å². The third kappa shape index (κ3) is 3.03. The molecule has 2 heterocycles. The van der Waals surface area contributed by atoms with Gasteiger partial charge in [-0.3, -0.25) is 0 Å². The molecule has 0 spiro atoms. The lowest BCUT2D eigenvalue weighted by Gasteiger charge is -2.05. The summed E-state index contributed by atoms with van der Waals surface area (Å²) in [5, 5.41) is 13.3. The summed E-state index contributed by atoms with van der Waals surface area (Å²) in [5.74, 6) is 8.00. The maximum atomic E-state index is 6.16. The molecule has 0 aliphatic carbocycles. The van der Waals surface area contributed by atoms with Gasteiger partial charge in [0.2, 0.25) is 11.0 Å². The van der Waals surface area contributed by atoms with Crippen molar-refractivity contribution in [2.45, 2.75) is 17.8 Å². The highest BCUT2D eigenvalue weighted by Crippen LogP contribution is 2.30. The van der Waals surface area contributed by atoms with E-state index >= 15 is 0 Å². The summed E-state index contributed by atoms with van der Waals surface area (Å²) in [5.41, 5.74) is 0.654. The molecule has 0 atom stereocenters. The molecule has 10 heteroatoms. The van der Waals surface area contributed by atoms with Crippen LogP contribution in [0.2, 0.25) is 10.0 Å². The number of nitrogen functional groups attached to an aromatic ring is 1. The normalized spacial score (nSPS) is 11.0. The van der Waals surface area contributed by atoms with Crippen LogP contribution in [0.25, 0.3) is 11.4 Å². The second kappa shape index (κ2) is 6.15. The van der Waals surface area contributed by atoms with Crippen LogP contribution in [0, 0.1) is 6.92 Å². The minimum Gasteiger partial charge on any atom is -0.338 e. The van der Waals surface area contributed by atoms with Crippen molar-refractivity contribution in [3.8, 4) is 11.4 Å². The van der Waals surface area contributed by atoms with Gasteiger partial charge in [-0.15, -0.1) is 10.2 Å². The summed E-state index contributed by atoms with van der Waals surface area (Å²) in [6.45, 7) is 1.75. The molecular formula is C12H10Cl2N6OS. The van der Waals surface area contributed by atoms with Crippen LogP contribution in [0.5, 0.6) is 0 Å². The van der Waals surface area contributed by atoms with Gasteiger partial charge in [0.15, 0.2) is 11.6 Å². The van der Waals surface area contributed by atoms with E-state index in [1.165, 1.54) is 16.4 Å². The highest BCUT2D eigenvalue weighted by atomic mass is 35.5. The standard InChI is InChI=1S/C12H10Cl2N6OS/c1-6-16-10(21-19-6)5-22-12-18-17-11(20(12)15)8-3-2-7(13)4-9(8)14/h2-4H,5,15H2,1H3. The van der Waals surface area contributed by atoms with E-state index < -0.39 is 0 Å². The molecule has 0 radical (unpaired) electrons. The number of aryl methyl sites for hydroxylation is 1. The highest BCUT2D eigenvalue weighted by molar-refractivity contribution is 7.98. The van der Waals surface area contributed by atoms with Gasteiger partial charge in [-0.2, -0.15) is 4.98 Å². The molecule has 0 amide bonds. The summed E-state index contributed by atoms with van der Waals surface area (Å²) in [6, 6.07) is 5.08. The Hall–Kier alpha value is -1.77. The Kier molecular flexibility index (Phi) is 4.23. The van der Waals surface area contributed by atoms with E-state index in [9.17, 15) is 0 Å². The third-order valence-electron chi connectivity index (χ3n) is 2.73. The summed E-state index contributed by atoms with van der Waals surface area (Å²) in [7, 11) is 0. The van der Waals surface area contributed by atoms with Crippen molar-refractivity contribution in [3.63, 3.8) is 0 Å². The zero-order chi connectivity index (χ0) is 15.7. The molecule has 7 nitrogen and oxygen atoms in total. The maximum absolute atomic E-state index is 6.16. The lowest BCUT2D eigenvalue weighted by atomic mass is 10.2. The van der Waals surface area contributed by atoms with Crippen LogP contribution in [0.15, 0.2) is 27.9 Å². The van der Waals surface area contributed by atoms with E-state index in [1.807, 2.05) is 0 Å². The first-order valence-corrected chi connectivity index (χ1v) is 7.86. The van der Waals surface area contributed by atoms with Gasteiger partial charge < -0.3 is 10.4 Å². The van der Waals surface area contributed by atoms with Gasteiger partial charge in [0.25, 0.3) is 0 Å². The molecule has 0 fully saturated rings. The number of nitrogens with two attached hydrogens (primary N) is 1. The van der Waals surface area contributed by atoms with E-state index in [-0.39, 0.29) is 0 Å². The average Bonchev–Trinajstić information content (AvgIpc) is 3.04. The summed E-state index contributed by atoms with van der Waals surface area (Å²) >= 11 is 13.4. The summed E-state index contributed by atoms with van der Waals surface area (Å²) < 4.78 is 6.40. The second-order valence-electron chi connectivity index (χ2n) is 4.32. The quantitative estimate of drug-likeness (QED) is 0.566.